The summed E-state index contributed by atoms with van der Waals surface area (Å²) in [7, 11) is 0. The Balaban J connectivity index is 1.46. The van der Waals surface area contributed by atoms with Gasteiger partial charge in [-0.3, -0.25) is 14.3 Å². The van der Waals surface area contributed by atoms with Crippen molar-refractivity contribution in [2.75, 3.05) is 13.1 Å². The fraction of sp³-hybridized carbons (Fsp3) is 0.231. The van der Waals surface area contributed by atoms with Crippen molar-refractivity contribution in [3.8, 4) is 11.4 Å². The van der Waals surface area contributed by atoms with Gasteiger partial charge in [0, 0.05) is 42.0 Å². The maximum Gasteiger partial charge on any atom is 0.258 e. The minimum atomic E-state index is -0.290. The van der Waals surface area contributed by atoms with E-state index >= 15 is 0 Å². The highest BCUT2D eigenvalue weighted by molar-refractivity contribution is 5.81. The second-order valence-corrected chi connectivity index (χ2v) is 7.67. The summed E-state index contributed by atoms with van der Waals surface area (Å²) in [6.45, 7) is 4.34. The molecular formula is C26H26FN3O2. The van der Waals surface area contributed by atoms with Crippen LogP contribution in [-0.4, -0.2) is 22.6 Å². The largest absolute Gasteiger partial charge is 0.489 e. The molecule has 0 saturated carbocycles. The molecular weight excluding hydrogens is 405 g/mol. The molecule has 0 aliphatic carbocycles. The van der Waals surface area contributed by atoms with E-state index in [1.54, 1.807) is 29.0 Å². The monoisotopic (exact) mass is 431 g/mol. The van der Waals surface area contributed by atoms with Gasteiger partial charge in [-0.15, -0.1) is 0 Å². The summed E-state index contributed by atoms with van der Waals surface area (Å²) >= 11 is 0. The summed E-state index contributed by atoms with van der Waals surface area (Å²) in [5.74, 6) is 0.182. The van der Waals surface area contributed by atoms with E-state index in [1.807, 2.05) is 30.3 Å². The van der Waals surface area contributed by atoms with Gasteiger partial charge in [0.25, 0.3) is 5.56 Å². The van der Waals surface area contributed by atoms with Crippen LogP contribution < -0.4 is 15.6 Å². The Morgan fingerprint density at radius 2 is 1.84 bits per heavy atom. The summed E-state index contributed by atoms with van der Waals surface area (Å²) in [4.78, 5) is 17.4. The van der Waals surface area contributed by atoms with Crippen LogP contribution in [0.15, 0.2) is 77.7 Å². The number of nitrogens with zero attached hydrogens (tertiary/aromatic N) is 2. The van der Waals surface area contributed by atoms with Crippen molar-refractivity contribution >= 4 is 10.9 Å². The summed E-state index contributed by atoms with van der Waals surface area (Å²) < 4.78 is 20.3. The van der Waals surface area contributed by atoms with Crippen LogP contribution in [0, 0.1) is 5.82 Å². The average molecular weight is 432 g/mol. The lowest BCUT2D eigenvalue weighted by Crippen LogP contribution is -2.18. The highest BCUT2D eigenvalue weighted by Crippen LogP contribution is 2.18. The van der Waals surface area contributed by atoms with Crippen molar-refractivity contribution in [3.05, 3.63) is 100 Å². The standard InChI is InChI=1S/C26H26FN3O2/c1-2-13-28-14-11-22-8-5-20-16-23(9-10-25(20)29-22)30-15-12-24(17-26(30)31)32-18-19-3-6-21(27)7-4-19/h3-10,12,15-17,28H,2,11,13-14,18H2,1H3. The molecule has 0 atom stereocenters. The lowest BCUT2D eigenvalue weighted by molar-refractivity contribution is 0.305. The maximum absolute atomic E-state index is 13.0. The van der Waals surface area contributed by atoms with E-state index in [0.29, 0.717) is 5.75 Å². The summed E-state index contributed by atoms with van der Waals surface area (Å²) in [6, 6.07) is 19.2. The van der Waals surface area contributed by atoms with Gasteiger partial charge in [-0.2, -0.15) is 0 Å². The number of nitrogens with one attached hydrogen (secondary N) is 1. The summed E-state index contributed by atoms with van der Waals surface area (Å²) in [5.41, 5.74) is 3.38. The molecule has 0 spiro atoms. The van der Waals surface area contributed by atoms with Gasteiger partial charge >= 0.3 is 0 Å². The van der Waals surface area contributed by atoms with E-state index in [2.05, 4.69) is 12.2 Å². The molecule has 5 nitrogen and oxygen atoms in total. The third-order valence-electron chi connectivity index (χ3n) is 5.20. The normalized spacial score (nSPS) is 11.1. The third kappa shape index (κ3) is 5.39. The molecule has 2 aromatic heterocycles. The number of pyridine rings is 2. The second-order valence-electron chi connectivity index (χ2n) is 7.67. The van der Waals surface area contributed by atoms with E-state index in [4.69, 9.17) is 9.72 Å². The van der Waals surface area contributed by atoms with Gasteiger partial charge in [0.2, 0.25) is 0 Å². The van der Waals surface area contributed by atoms with Crippen molar-refractivity contribution in [1.82, 2.24) is 14.9 Å². The van der Waals surface area contributed by atoms with Crippen LogP contribution >= 0.6 is 0 Å². The smallest absolute Gasteiger partial charge is 0.258 e. The Morgan fingerprint density at radius 1 is 1.00 bits per heavy atom. The molecule has 2 heterocycles. The minimum Gasteiger partial charge on any atom is -0.489 e. The van der Waals surface area contributed by atoms with E-state index < -0.39 is 0 Å². The van der Waals surface area contributed by atoms with Crippen molar-refractivity contribution in [1.29, 1.82) is 0 Å². The van der Waals surface area contributed by atoms with Crippen molar-refractivity contribution in [3.63, 3.8) is 0 Å². The molecule has 4 aromatic rings. The van der Waals surface area contributed by atoms with Gasteiger partial charge in [-0.1, -0.05) is 25.1 Å². The molecule has 0 amide bonds. The van der Waals surface area contributed by atoms with Crippen LogP contribution in [0.25, 0.3) is 16.6 Å². The van der Waals surface area contributed by atoms with E-state index in [-0.39, 0.29) is 18.0 Å². The molecule has 0 unspecified atom stereocenters. The molecule has 0 aliphatic heterocycles. The highest BCUT2D eigenvalue weighted by atomic mass is 19.1. The molecule has 6 heteroatoms. The summed E-state index contributed by atoms with van der Waals surface area (Å²) in [6.07, 6.45) is 3.70. The van der Waals surface area contributed by atoms with E-state index in [1.165, 1.54) is 18.2 Å². The molecule has 2 aromatic carbocycles. The first-order valence-electron chi connectivity index (χ1n) is 10.8. The van der Waals surface area contributed by atoms with Gasteiger partial charge in [0.05, 0.1) is 5.52 Å². The zero-order valence-electron chi connectivity index (χ0n) is 18.1. The Kier molecular flexibility index (Phi) is 6.92. The Labute approximate surface area is 186 Å². The molecule has 0 radical (unpaired) electrons. The number of aromatic nitrogens is 2. The Hall–Kier alpha value is -3.51. The van der Waals surface area contributed by atoms with Crippen molar-refractivity contribution < 1.29 is 9.13 Å². The van der Waals surface area contributed by atoms with Gasteiger partial charge in [-0.05, 0) is 61.0 Å². The highest BCUT2D eigenvalue weighted by Gasteiger charge is 2.06. The average Bonchev–Trinajstić information content (AvgIpc) is 2.81. The van der Waals surface area contributed by atoms with Gasteiger partial charge in [0.1, 0.15) is 18.2 Å². The van der Waals surface area contributed by atoms with Gasteiger partial charge in [-0.25, -0.2) is 4.39 Å². The second kappa shape index (κ2) is 10.2. The first kappa shape index (κ1) is 21.7. The number of rotatable bonds is 9. The van der Waals surface area contributed by atoms with E-state index in [0.717, 1.165) is 53.8 Å². The van der Waals surface area contributed by atoms with E-state index in [9.17, 15) is 9.18 Å². The Bertz CT molecular complexity index is 1250. The molecule has 1 N–H and O–H groups in total. The number of hydrogen-bond donors (Lipinski definition) is 1. The summed E-state index contributed by atoms with van der Waals surface area (Å²) in [5, 5.41) is 4.37. The maximum atomic E-state index is 13.0. The first-order chi connectivity index (χ1) is 15.6. The molecule has 0 saturated heterocycles. The van der Waals surface area contributed by atoms with Crippen molar-refractivity contribution in [2.45, 2.75) is 26.4 Å². The number of ether oxygens (including phenoxy) is 1. The van der Waals surface area contributed by atoms with Crippen molar-refractivity contribution in [2.24, 2.45) is 0 Å². The number of halogens is 1. The first-order valence-corrected chi connectivity index (χ1v) is 10.8. The topological polar surface area (TPSA) is 56.2 Å². The van der Waals surface area contributed by atoms with Gasteiger partial charge in [0.15, 0.2) is 0 Å². The minimum absolute atomic E-state index is 0.187. The fourth-order valence-corrected chi connectivity index (χ4v) is 3.47. The molecule has 164 valence electrons. The molecule has 32 heavy (non-hydrogen) atoms. The zero-order chi connectivity index (χ0) is 22.3. The van der Waals surface area contributed by atoms with Crippen LogP contribution in [0.2, 0.25) is 0 Å². The Morgan fingerprint density at radius 3 is 2.62 bits per heavy atom. The van der Waals surface area contributed by atoms with Gasteiger partial charge < -0.3 is 10.1 Å². The quantitative estimate of drug-likeness (QED) is 0.392. The molecule has 0 fully saturated rings. The van der Waals surface area contributed by atoms with Crippen LogP contribution in [0.4, 0.5) is 4.39 Å². The van der Waals surface area contributed by atoms with Crippen LogP contribution in [0.5, 0.6) is 5.75 Å². The fourth-order valence-electron chi connectivity index (χ4n) is 3.47. The van der Waals surface area contributed by atoms with Crippen LogP contribution in [0.1, 0.15) is 24.6 Å². The number of fused-ring (bicyclic) bond motifs is 1. The number of hydrogen-bond acceptors (Lipinski definition) is 4. The lowest BCUT2D eigenvalue weighted by Gasteiger charge is -2.10. The zero-order valence-corrected chi connectivity index (χ0v) is 18.1. The molecule has 0 aliphatic rings. The SMILES string of the molecule is CCCNCCc1ccc2cc(-n3ccc(OCc4ccc(F)cc4)cc3=O)ccc2n1. The number of benzene rings is 2. The van der Waals surface area contributed by atoms with Crippen LogP contribution in [0.3, 0.4) is 0 Å². The predicted octanol–water partition coefficient (Wildman–Crippen LogP) is 4.65. The molecule has 4 rings (SSSR count). The lowest BCUT2D eigenvalue weighted by atomic mass is 10.1. The molecule has 0 bridgehead atoms. The predicted molar refractivity (Wildman–Crippen MR) is 125 cm³/mol. The van der Waals surface area contributed by atoms with Crippen LogP contribution in [-0.2, 0) is 13.0 Å². The third-order valence-corrected chi connectivity index (χ3v) is 5.20.